The molecule has 0 aliphatic carbocycles. The Labute approximate surface area is 115 Å². The largest absolute Gasteiger partial charge is 0.481 e. The molecule has 6 heteroatoms. The van der Waals surface area contributed by atoms with Gasteiger partial charge in [0.15, 0.2) is 0 Å². The summed E-state index contributed by atoms with van der Waals surface area (Å²) in [7, 11) is 0. The smallest absolute Gasteiger partial charge is 0.337 e. The molecular weight excluding hydrogens is 262 g/mol. The second-order valence-electron chi connectivity index (χ2n) is 4.95. The van der Waals surface area contributed by atoms with Gasteiger partial charge in [0.1, 0.15) is 0 Å². The number of hydrogen-bond donors (Lipinski definition) is 2. The molecule has 1 aliphatic rings. The van der Waals surface area contributed by atoms with Crippen LogP contribution in [0.25, 0.3) is 0 Å². The lowest BCUT2D eigenvalue weighted by Crippen LogP contribution is -2.28. The van der Waals surface area contributed by atoms with Crippen LogP contribution in [0.3, 0.4) is 0 Å². The van der Waals surface area contributed by atoms with Crippen LogP contribution >= 0.6 is 0 Å². The van der Waals surface area contributed by atoms with Crippen LogP contribution in [-0.4, -0.2) is 34.6 Å². The number of carboxylic acid groups (broad SMARTS) is 2. The van der Waals surface area contributed by atoms with Crippen molar-refractivity contribution >= 4 is 23.5 Å². The van der Waals surface area contributed by atoms with Gasteiger partial charge in [-0.2, -0.15) is 0 Å². The molecule has 106 valence electrons. The molecule has 0 bridgehead atoms. The number of hydrogen-bond acceptors (Lipinski definition) is 3. The van der Waals surface area contributed by atoms with Crippen LogP contribution in [0, 0.1) is 19.8 Å². The van der Waals surface area contributed by atoms with Crippen molar-refractivity contribution in [2.45, 2.75) is 20.3 Å². The Morgan fingerprint density at radius 2 is 1.90 bits per heavy atom. The van der Waals surface area contributed by atoms with Crippen LogP contribution in [-0.2, 0) is 9.59 Å². The molecule has 2 N–H and O–H groups in total. The summed E-state index contributed by atoms with van der Waals surface area (Å²) in [5.41, 5.74) is 1.87. The normalized spacial score (nSPS) is 18.4. The van der Waals surface area contributed by atoms with Crippen molar-refractivity contribution in [3.05, 3.63) is 28.8 Å². The maximum atomic E-state index is 12.0. The third-order valence-electron chi connectivity index (χ3n) is 3.68. The summed E-state index contributed by atoms with van der Waals surface area (Å²) in [6.07, 6.45) is -0.0955. The summed E-state index contributed by atoms with van der Waals surface area (Å²) in [4.78, 5) is 35.6. The zero-order chi connectivity index (χ0) is 15.0. The van der Waals surface area contributed by atoms with Crippen LogP contribution in [0.5, 0.6) is 0 Å². The van der Waals surface area contributed by atoms with Crippen LogP contribution in [0.15, 0.2) is 12.1 Å². The average Bonchev–Trinajstić information content (AvgIpc) is 2.74. The summed E-state index contributed by atoms with van der Waals surface area (Å²) in [6, 6.07) is 3.12. The van der Waals surface area contributed by atoms with Gasteiger partial charge in [-0.05, 0) is 31.0 Å². The van der Waals surface area contributed by atoms with Crippen molar-refractivity contribution in [2.24, 2.45) is 5.92 Å². The Kier molecular flexibility index (Phi) is 3.48. The average molecular weight is 277 g/mol. The van der Waals surface area contributed by atoms with Gasteiger partial charge in [0, 0.05) is 13.0 Å². The topological polar surface area (TPSA) is 94.9 Å². The number of amides is 1. The minimum Gasteiger partial charge on any atom is -0.481 e. The van der Waals surface area contributed by atoms with Crippen molar-refractivity contribution in [2.75, 3.05) is 11.4 Å². The quantitative estimate of drug-likeness (QED) is 0.871. The first kappa shape index (κ1) is 14.0. The van der Waals surface area contributed by atoms with Gasteiger partial charge in [0.2, 0.25) is 5.91 Å². The Hall–Kier alpha value is -2.37. The van der Waals surface area contributed by atoms with Gasteiger partial charge >= 0.3 is 11.9 Å². The standard InChI is InChI=1S/C14H15NO5/c1-7-3-4-10(14(19)20)12(8(7)2)15-6-9(13(17)18)5-11(15)16/h3-4,9H,5-6H2,1-2H3,(H,17,18)(H,19,20). The molecule has 1 heterocycles. The van der Waals surface area contributed by atoms with E-state index in [0.717, 1.165) is 5.56 Å². The number of nitrogens with zero attached hydrogens (tertiary/aromatic N) is 1. The minimum absolute atomic E-state index is 0.0126. The lowest BCUT2D eigenvalue weighted by atomic mass is 10.0. The number of benzene rings is 1. The number of carbonyl (C=O) groups is 3. The molecule has 20 heavy (non-hydrogen) atoms. The molecule has 0 radical (unpaired) electrons. The number of carbonyl (C=O) groups excluding carboxylic acids is 1. The predicted molar refractivity (Wildman–Crippen MR) is 71.0 cm³/mol. The summed E-state index contributed by atoms with van der Waals surface area (Å²) in [5, 5.41) is 18.3. The van der Waals surface area contributed by atoms with Crippen molar-refractivity contribution in [3.63, 3.8) is 0 Å². The second-order valence-corrected chi connectivity index (χ2v) is 4.95. The highest BCUT2D eigenvalue weighted by atomic mass is 16.4. The summed E-state index contributed by atoms with van der Waals surface area (Å²) in [6.45, 7) is 3.57. The van der Waals surface area contributed by atoms with Crippen molar-refractivity contribution in [1.82, 2.24) is 0 Å². The lowest BCUT2D eigenvalue weighted by molar-refractivity contribution is -0.141. The van der Waals surface area contributed by atoms with Crippen LogP contribution in [0.1, 0.15) is 27.9 Å². The van der Waals surface area contributed by atoms with Gasteiger partial charge in [0.25, 0.3) is 0 Å². The zero-order valence-corrected chi connectivity index (χ0v) is 11.2. The summed E-state index contributed by atoms with van der Waals surface area (Å²) in [5.74, 6) is -3.31. The van der Waals surface area contributed by atoms with Crippen molar-refractivity contribution in [1.29, 1.82) is 0 Å². The Balaban J connectivity index is 2.52. The molecule has 1 amide bonds. The molecule has 1 aromatic rings. The number of rotatable bonds is 3. The maximum Gasteiger partial charge on any atom is 0.337 e. The predicted octanol–water partition coefficient (Wildman–Crippen LogP) is 1.44. The first-order valence-corrected chi connectivity index (χ1v) is 6.19. The van der Waals surface area contributed by atoms with Gasteiger partial charge in [0.05, 0.1) is 17.2 Å². The monoisotopic (exact) mass is 277 g/mol. The fourth-order valence-electron chi connectivity index (χ4n) is 2.41. The van der Waals surface area contributed by atoms with Crippen molar-refractivity contribution < 1.29 is 24.6 Å². The molecule has 2 rings (SSSR count). The Morgan fingerprint density at radius 3 is 2.40 bits per heavy atom. The maximum absolute atomic E-state index is 12.0. The van der Waals surface area contributed by atoms with E-state index in [4.69, 9.17) is 5.11 Å². The molecule has 0 spiro atoms. The number of aromatic carboxylic acids is 1. The molecule has 1 saturated heterocycles. The van der Waals surface area contributed by atoms with E-state index in [0.29, 0.717) is 11.3 Å². The minimum atomic E-state index is -1.13. The molecule has 1 aliphatic heterocycles. The van der Waals surface area contributed by atoms with E-state index >= 15 is 0 Å². The highest BCUT2D eigenvalue weighted by Gasteiger charge is 2.37. The van der Waals surface area contributed by atoms with E-state index in [1.54, 1.807) is 13.0 Å². The van der Waals surface area contributed by atoms with E-state index < -0.39 is 17.9 Å². The third-order valence-corrected chi connectivity index (χ3v) is 3.68. The number of aryl methyl sites for hydroxylation is 1. The molecular formula is C14H15NO5. The fourth-order valence-corrected chi connectivity index (χ4v) is 2.41. The summed E-state index contributed by atoms with van der Waals surface area (Å²) < 4.78 is 0. The number of carboxylic acids is 2. The third kappa shape index (κ3) is 2.24. The zero-order valence-electron chi connectivity index (χ0n) is 11.2. The van der Waals surface area contributed by atoms with Crippen LogP contribution in [0.4, 0.5) is 5.69 Å². The van der Waals surface area contributed by atoms with Crippen molar-refractivity contribution in [3.8, 4) is 0 Å². The fraction of sp³-hybridized carbons (Fsp3) is 0.357. The number of anilines is 1. The molecule has 0 aromatic heterocycles. The molecule has 0 saturated carbocycles. The van der Waals surface area contributed by atoms with Gasteiger partial charge in [-0.25, -0.2) is 4.79 Å². The molecule has 1 fully saturated rings. The van der Waals surface area contributed by atoms with E-state index in [-0.39, 0.29) is 24.4 Å². The van der Waals surface area contributed by atoms with E-state index in [1.165, 1.54) is 11.0 Å². The van der Waals surface area contributed by atoms with E-state index in [1.807, 2.05) is 6.92 Å². The van der Waals surface area contributed by atoms with Gasteiger partial charge in [-0.15, -0.1) is 0 Å². The number of aliphatic carboxylic acids is 1. The van der Waals surface area contributed by atoms with Crippen LogP contribution in [0.2, 0.25) is 0 Å². The van der Waals surface area contributed by atoms with Crippen LogP contribution < -0.4 is 4.90 Å². The van der Waals surface area contributed by atoms with Gasteiger partial charge in [-0.1, -0.05) is 6.07 Å². The molecule has 1 atom stereocenters. The van der Waals surface area contributed by atoms with Gasteiger partial charge < -0.3 is 15.1 Å². The van der Waals surface area contributed by atoms with E-state index in [2.05, 4.69) is 0 Å². The molecule has 1 unspecified atom stereocenters. The Morgan fingerprint density at radius 1 is 1.25 bits per heavy atom. The first-order chi connectivity index (χ1) is 9.32. The van der Waals surface area contributed by atoms with Gasteiger partial charge in [-0.3, -0.25) is 9.59 Å². The SMILES string of the molecule is Cc1ccc(C(=O)O)c(N2CC(C(=O)O)CC2=O)c1C. The second kappa shape index (κ2) is 4.96. The summed E-state index contributed by atoms with van der Waals surface area (Å²) >= 11 is 0. The lowest BCUT2D eigenvalue weighted by Gasteiger charge is -2.22. The molecule has 6 nitrogen and oxygen atoms in total. The molecule has 1 aromatic carbocycles. The van der Waals surface area contributed by atoms with E-state index in [9.17, 15) is 19.5 Å². The highest BCUT2D eigenvalue weighted by Crippen LogP contribution is 2.33. The highest BCUT2D eigenvalue weighted by molar-refractivity contribution is 6.05. The first-order valence-electron chi connectivity index (χ1n) is 6.19. The Bertz CT molecular complexity index is 608.